The first-order valence-corrected chi connectivity index (χ1v) is 7.72. The van der Waals surface area contributed by atoms with Crippen LogP contribution in [0.5, 0.6) is 0 Å². The fourth-order valence-electron chi connectivity index (χ4n) is 3.03. The Labute approximate surface area is 130 Å². The van der Waals surface area contributed by atoms with Crippen LogP contribution >= 0.6 is 0 Å². The van der Waals surface area contributed by atoms with Crippen LogP contribution in [0.3, 0.4) is 0 Å². The van der Waals surface area contributed by atoms with Crippen LogP contribution in [0.4, 0.5) is 0 Å². The topological polar surface area (TPSA) is 59.0 Å². The van der Waals surface area contributed by atoms with Gasteiger partial charge >= 0.3 is 0 Å². The summed E-state index contributed by atoms with van der Waals surface area (Å²) < 4.78 is 16.5. The number of aryl methyl sites for hydroxylation is 2. The van der Waals surface area contributed by atoms with E-state index in [2.05, 4.69) is 11.0 Å². The first kappa shape index (κ1) is 15.3. The molecule has 3 heterocycles. The van der Waals surface area contributed by atoms with Gasteiger partial charge in [-0.1, -0.05) is 0 Å². The molecule has 1 N–H and O–H groups in total. The van der Waals surface area contributed by atoms with Gasteiger partial charge < -0.3 is 18.7 Å². The second kappa shape index (κ2) is 6.69. The molecular weight excluding hydrogens is 282 g/mol. The van der Waals surface area contributed by atoms with E-state index >= 15 is 0 Å². The Balaban J connectivity index is 1.67. The monoisotopic (exact) mass is 305 g/mol. The Morgan fingerprint density at radius 1 is 1.41 bits per heavy atom. The predicted molar refractivity (Wildman–Crippen MR) is 81.5 cm³/mol. The largest absolute Gasteiger partial charge is 0.467 e. The van der Waals surface area contributed by atoms with Gasteiger partial charge in [0, 0.05) is 24.7 Å². The number of aliphatic hydroxyl groups excluding tert-OH is 1. The molecule has 0 bridgehead atoms. The van der Waals surface area contributed by atoms with Gasteiger partial charge in [-0.25, -0.2) is 0 Å². The van der Waals surface area contributed by atoms with E-state index in [1.54, 1.807) is 12.3 Å². The molecule has 2 aromatic rings. The van der Waals surface area contributed by atoms with E-state index in [1.807, 2.05) is 19.9 Å². The van der Waals surface area contributed by atoms with Gasteiger partial charge in [-0.3, -0.25) is 4.90 Å². The minimum absolute atomic E-state index is 0.170. The van der Waals surface area contributed by atoms with Gasteiger partial charge in [0.25, 0.3) is 0 Å². The number of hydrogen-bond acceptors (Lipinski definition) is 5. The van der Waals surface area contributed by atoms with Crippen LogP contribution in [0.25, 0.3) is 0 Å². The predicted octanol–water partition coefficient (Wildman–Crippen LogP) is 2.81. The van der Waals surface area contributed by atoms with E-state index in [-0.39, 0.29) is 6.04 Å². The maximum atomic E-state index is 10.3. The summed E-state index contributed by atoms with van der Waals surface area (Å²) in [6, 6.07) is 5.86. The third kappa shape index (κ3) is 3.43. The fraction of sp³-hybridized carbons (Fsp3) is 0.529. The number of ether oxygens (including phenoxy) is 1. The molecule has 120 valence electrons. The molecule has 1 saturated heterocycles. The van der Waals surface area contributed by atoms with Crippen LogP contribution in [-0.4, -0.2) is 35.8 Å². The summed E-state index contributed by atoms with van der Waals surface area (Å²) in [7, 11) is 0. The molecule has 1 aliphatic rings. The Kier molecular flexibility index (Phi) is 4.66. The zero-order valence-electron chi connectivity index (χ0n) is 13.1. The molecule has 3 rings (SSSR count). The molecule has 0 aliphatic carbocycles. The number of nitrogens with zero attached hydrogens (tertiary/aromatic N) is 1. The van der Waals surface area contributed by atoms with E-state index in [0.29, 0.717) is 18.8 Å². The molecule has 1 fully saturated rings. The normalized spacial score (nSPS) is 21.1. The zero-order valence-corrected chi connectivity index (χ0v) is 13.1. The number of hydrogen-bond donors (Lipinski definition) is 1. The summed E-state index contributed by atoms with van der Waals surface area (Å²) in [6.45, 7) is 7.00. The Morgan fingerprint density at radius 2 is 2.27 bits per heavy atom. The van der Waals surface area contributed by atoms with Crippen molar-refractivity contribution in [2.24, 2.45) is 0 Å². The van der Waals surface area contributed by atoms with Crippen molar-refractivity contribution >= 4 is 0 Å². The second-order valence-electron chi connectivity index (χ2n) is 5.90. The van der Waals surface area contributed by atoms with Crippen LogP contribution in [0.1, 0.15) is 35.4 Å². The summed E-state index contributed by atoms with van der Waals surface area (Å²) in [4.78, 5) is 2.35. The van der Waals surface area contributed by atoms with Crippen molar-refractivity contribution in [1.29, 1.82) is 0 Å². The lowest BCUT2D eigenvalue weighted by Crippen LogP contribution is -2.45. The van der Waals surface area contributed by atoms with E-state index < -0.39 is 6.10 Å². The molecule has 22 heavy (non-hydrogen) atoms. The Morgan fingerprint density at radius 3 is 2.95 bits per heavy atom. The van der Waals surface area contributed by atoms with Crippen molar-refractivity contribution in [2.45, 2.75) is 39.0 Å². The summed E-state index contributed by atoms with van der Waals surface area (Å²) in [5.74, 6) is 2.52. The molecule has 0 saturated carbocycles. The molecule has 2 aromatic heterocycles. The van der Waals surface area contributed by atoms with Crippen LogP contribution in [-0.2, 0) is 11.3 Å². The molecule has 5 nitrogen and oxygen atoms in total. The lowest BCUT2D eigenvalue weighted by atomic mass is 10.0. The average Bonchev–Trinajstić information content (AvgIpc) is 3.11. The van der Waals surface area contributed by atoms with Gasteiger partial charge in [-0.05, 0) is 38.5 Å². The molecule has 2 unspecified atom stereocenters. The standard InChI is InChI=1S/C17H23NO4/c1-12-8-14(13(2)22-12)10-18-5-7-20-11-15(18)9-16(19)17-4-3-6-21-17/h3-4,6,8,15-16,19H,5,7,9-11H2,1-2H3. The highest BCUT2D eigenvalue weighted by molar-refractivity contribution is 5.20. The summed E-state index contributed by atoms with van der Waals surface area (Å²) in [6.07, 6.45) is 1.59. The van der Waals surface area contributed by atoms with Crippen molar-refractivity contribution < 1.29 is 18.7 Å². The van der Waals surface area contributed by atoms with Gasteiger partial charge in [0.05, 0.1) is 19.5 Å². The number of rotatable bonds is 5. The summed E-state index contributed by atoms with van der Waals surface area (Å²) >= 11 is 0. The van der Waals surface area contributed by atoms with E-state index in [4.69, 9.17) is 13.6 Å². The van der Waals surface area contributed by atoms with Gasteiger partial charge in [0.2, 0.25) is 0 Å². The fourth-order valence-corrected chi connectivity index (χ4v) is 3.03. The molecule has 2 atom stereocenters. The minimum atomic E-state index is -0.601. The maximum absolute atomic E-state index is 10.3. The maximum Gasteiger partial charge on any atom is 0.132 e. The first-order chi connectivity index (χ1) is 10.6. The van der Waals surface area contributed by atoms with Crippen LogP contribution < -0.4 is 0 Å². The van der Waals surface area contributed by atoms with Crippen molar-refractivity contribution in [3.05, 3.63) is 47.3 Å². The van der Waals surface area contributed by atoms with Crippen LogP contribution in [0.2, 0.25) is 0 Å². The quantitative estimate of drug-likeness (QED) is 0.920. The van der Waals surface area contributed by atoms with E-state index in [1.165, 1.54) is 5.56 Å². The molecule has 1 aliphatic heterocycles. The lowest BCUT2D eigenvalue weighted by molar-refractivity contribution is -0.0324. The van der Waals surface area contributed by atoms with Crippen LogP contribution in [0, 0.1) is 13.8 Å². The van der Waals surface area contributed by atoms with Gasteiger partial charge in [0.15, 0.2) is 0 Å². The number of morpholine rings is 1. The number of aliphatic hydroxyl groups is 1. The third-order valence-electron chi connectivity index (χ3n) is 4.23. The highest BCUT2D eigenvalue weighted by atomic mass is 16.5. The van der Waals surface area contributed by atoms with Gasteiger partial charge in [-0.15, -0.1) is 0 Å². The van der Waals surface area contributed by atoms with E-state index in [0.717, 1.165) is 31.2 Å². The highest BCUT2D eigenvalue weighted by Gasteiger charge is 2.27. The SMILES string of the molecule is Cc1cc(CN2CCOCC2CC(O)c2ccco2)c(C)o1. The summed E-state index contributed by atoms with van der Waals surface area (Å²) in [5.41, 5.74) is 1.21. The van der Waals surface area contributed by atoms with Crippen molar-refractivity contribution in [2.75, 3.05) is 19.8 Å². The van der Waals surface area contributed by atoms with Gasteiger partial charge in [-0.2, -0.15) is 0 Å². The van der Waals surface area contributed by atoms with Crippen LogP contribution in [0.15, 0.2) is 33.3 Å². The first-order valence-electron chi connectivity index (χ1n) is 7.72. The molecule has 0 radical (unpaired) electrons. The molecule has 5 heteroatoms. The van der Waals surface area contributed by atoms with Crippen molar-refractivity contribution in [3.63, 3.8) is 0 Å². The molecule has 0 aromatic carbocycles. The Hall–Kier alpha value is -1.56. The number of furan rings is 2. The van der Waals surface area contributed by atoms with Crippen molar-refractivity contribution in [3.8, 4) is 0 Å². The van der Waals surface area contributed by atoms with Crippen molar-refractivity contribution in [1.82, 2.24) is 4.90 Å². The zero-order chi connectivity index (χ0) is 15.5. The molecule has 0 amide bonds. The summed E-state index contributed by atoms with van der Waals surface area (Å²) in [5, 5.41) is 10.3. The minimum Gasteiger partial charge on any atom is -0.467 e. The Bertz CT molecular complexity index is 590. The van der Waals surface area contributed by atoms with E-state index in [9.17, 15) is 5.11 Å². The van der Waals surface area contributed by atoms with Gasteiger partial charge in [0.1, 0.15) is 23.4 Å². The average molecular weight is 305 g/mol. The molecule has 0 spiro atoms. The lowest BCUT2D eigenvalue weighted by Gasteiger charge is -2.36. The second-order valence-corrected chi connectivity index (χ2v) is 5.90. The molecular formula is C17H23NO4. The third-order valence-corrected chi connectivity index (χ3v) is 4.23. The smallest absolute Gasteiger partial charge is 0.132 e. The highest BCUT2D eigenvalue weighted by Crippen LogP contribution is 2.25.